The Morgan fingerprint density at radius 2 is 1.91 bits per heavy atom. The van der Waals surface area contributed by atoms with Gasteiger partial charge in [-0.2, -0.15) is 5.10 Å². The maximum Gasteiger partial charge on any atom is 0.248 e. The number of carbonyl (C=O) groups is 1. The molecule has 1 aromatic carbocycles. The predicted octanol–water partition coefficient (Wildman–Crippen LogP) is 4.78. The normalized spacial score (nSPS) is 19.2. The number of Topliss-reactive ketones (excluding diaryl/α,β-unsaturated/α-hetero) is 1. The van der Waals surface area contributed by atoms with E-state index in [9.17, 15) is 13.6 Å². The van der Waals surface area contributed by atoms with Crippen LogP contribution >= 0.6 is 0 Å². The summed E-state index contributed by atoms with van der Waals surface area (Å²) in [5, 5.41) is 6.52. The maximum absolute atomic E-state index is 13.4. The van der Waals surface area contributed by atoms with Crippen molar-refractivity contribution >= 4 is 16.6 Å². The van der Waals surface area contributed by atoms with Crippen molar-refractivity contribution in [1.29, 1.82) is 0 Å². The molecule has 0 spiro atoms. The molecular formula is C25H28F2N4O. The van der Waals surface area contributed by atoms with Gasteiger partial charge in [0.05, 0.1) is 11.9 Å². The molecule has 1 saturated carbocycles. The zero-order valence-electron chi connectivity index (χ0n) is 18.4. The van der Waals surface area contributed by atoms with Crippen LogP contribution in [0.25, 0.3) is 21.9 Å². The summed E-state index contributed by atoms with van der Waals surface area (Å²) in [5.41, 5.74) is 4.12. The molecular weight excluding hydrogens is 410 g/mol. The van der Waals surface area contributed by atoms with Gasteiger partial charge in [-0.05, 0) is 55.4 Å². The zero-order chi connectivity index (χ0) is 22.3. The molecule has 32 heavy (non-hydrogen) atoms. The van der Waals surface area contributed by atoms with E-state index in [1.807, 2.05) is 30.1 Å². The van der Waals surface area contributed by atoms with Gasteiger partial charge in [0.2, 0.25) is 5.92 Å². The summed E-state index contributed by atoms with van der Waals surface area (Å²) in [6, 6.07) is 8.23. The number of pyridine rings is 1. The second-order valence-corrected chi connectivity index (χ2v) is 9.27. The van der Waals surface area contributed by atoms with Gasteiger partial charge >= 0.3 is 0 Å². The lowest BCUT2D eigenvalue weighted by atomic mass is 9.83. The van der Waals surface area contributed by atoms with E-state index in [1.165, 1.54) is 12.1 Å². The van der Waals surface area contributed by atoms with Crippen molar-refractivity contribution < 1.29 is 13.6 Å². The van der Waals surface area contributed by atoms with E-state index in [2.05, 4.69) is 27.1 Å². The fraction of sp³-hybridized carbons (Fsp3) is 0.480. The van der Waals surface area contributed by atoms with Crippen molar-refractivity contribution in [3.8, 4) is 11.1 Å². The summed E-state index contributed by atoms with van der Waals surface area (Å²) in [6.45, 7) is 3.15. The van der Waals surface area contributed by atoms with Crippen LogP contribution in [-0.4, -0.2) is 44.5 Å². The Labute approximate surface area is 186 Å². The molecule has 168 valence electrons. The van der Waals surface area contributed by atoms with Crippen molar-refractivity contribution in [2.24, 2.45) is 13.0 Å². The van der Waals surface area contributed by atoms with Crippen LogP contribution in [0.1, 0.15) is 43.5 Å². The fourth-order valence-electron chi connectivity index (χ4n) is 4.78. The van der Waals surface area contributed by atoms with Crippen LogP contribution in [0.2, 0.25) is 0 Å². The van der Waals surface area contributed by atoms with E-state index >= 15 is 0 Å². The van der Waals surface area contributed by atoms with E-state index in [4.69, 9.17) is 0 Å². The predicted molar refractivity (Wildman–Crippen MR) is 119 cm³/mol. The third-order valence-electron chi connectivity index (χ3n) is 7.00. The van der Waals surface area contributed by atoms with Gasteiger partial charge in [-0.25, -0.2) is 8.78 Å². The summed E-state index contributed by atoms with van der Waals surface area (Å²) in [5.74, 6) is -2.87. The molecule has 0 atom stereocenters. The molecule has 2 aliphatic rings. The van der Waals surface area contributed by atoms with Crippen LogP contribution in [0.3, 0.4) is 0 Å². The van der Waals surface area contributed by atoms with Crippen molar-refractivity contribution in [3.05, 3.63) is 48.0 Å². The summed E-state index contributed by atoms with van der Waals surface area (Å²) < 4.78 is 28.8. The monoisotopic (exact) mass is 438 g/mol. The molecule has 0 N–H and O–H groups in total. The van der Waals surface area contributed by atoms with E-state index in [1.54, 1.807) is 6.20 Å². The van der Waals surface area contributed by atoms with Gasteiger partial charge in [0, 0.05) is 61.6 Å². The highest BCUT2D eigenvalue weighted by Crippen LogP contribution is 2.37. The molecule has 0 amide bonds. The Morgan fingerprint density at radius 3 is 2.62 bits per heavy atom. The Hall–Kier alpha value is -2.67. The van der Waals surface area contributed by atoms with E-state index < -0.39 is 5.92 Å². The molecule has 1 aliphatic carbocycles. The van der Waals surface area contributed by atoms with Gasteiger partial charge in [-0.15, -0.1) is 0 Å². The second kappa shape index (κ2) is 8.35. The number of nitrogens with zero attached hydrogens (tertiary/aromatic N) is 4. The number of aryl methyl sites for hydroxylation is 1. The first-order valence-corrected chi connectivity index (χ1v) is 11.4. The maximum atomic E-state index is 13.4. The second-order valence-electron chi connectivity index (χ2n) is 9.27. The van der Waals surface area contributed by atoms with Crippen molar-refractivity contribution in [2.45, 2.75) is 51.0 Å². The molecule has 0 unspecified atom stereocenters. The first kappa shape index (κ1) is 21.2. The lowest BCUT2D eigenvalue weighted by molar-refractivity contribution is -0.126. The Kier molecular flexibility index (Phi) is 5.53. The first-order chi connectivity index (χ1) is 15.4. The smallest absolute Gasteiger partial charge is 0.248 e. The number of ketones is 1. The summed E-state index contributed by atoms with van der Waals surface area (Å²) in [6.07, 6.45) is 5.31. The number of carbonyl (C=O) groups excluding carboxylic acids is 1. The molecule has 0 radical (unpaired) electrons. The molecule has 3 aromatic rings. The number of rotatable bonds is 6. The molecule has 2 aromatic heterocycles. The largest absolute Gasteiger partial charge is 0.299 e. The van der Waals surface area contributed by atoms with Crippen LogP contribution < -0.4 is 0 Å². The summed E-state index contributed by atoms with van der Waals surface area (Å²) >= 11 is 0. The third kappa shape index (κ3) is 4.31. The highest BCUT2D eigenvalue weighted by atomic mass is 19.3. The Bertz CT molecular complexity index is 1140. The molecule has 5 rings (SSSR count). The highest BCUT2D eigenvalue weighted by molar-refractivity contribution is 5.89. The van der Waals surface area contributed by atoms with Crippen molar-refractivity contribution in [1.82, 2.24) is 19.7 Å². The minimum absolute atomic E-state index is 0.0209. The summed E-state index contributed by atoms with van der Waals surface area (Å²) in [4.78, 5) is 19.6. The lowest BCUT2D eigenvalue weighted by Gasteiger charge is -2.30. The molecule has 1 saturated heterocycles. The number of fused-ring (bicyclic) bond motifs is 1. The number of likely N-dealkylation sites (tertiary alicyclic amines) is 1. The minimum Gasteiger partial charge on any atom is -0.299 e. The van der Waals surface area contributed by atoms with E-state index in [-0.39, 0.29) is 43.8 Å². The van der Waals surface area contributed by atoms with Crippen molar-refractivity contribution in [2.75, 3.05) is 13.1 Å². The zero-order valence-corrected chi connectivity index (χ0v) is 18.4. The lowest BCUT2D eigenvalue weighted by Crippen LogP contribution is -2.37. The molecule has 2 fully saturated rings. The number of halogens is 2. The van der Waals surface area contributed by atoms with Gasteiger partial charge in [0.25, 0.3) is 0 Å². The van der Waals surface area contributed by atoms with Gasteiger partial charge in [0.15, 0.2) is 0 Å². The molecule has 0 bridgehead atoms. The fourth-order valence-corrected chi connectivity index (χ4v) is 4.78. The minimum atomic E-state index is -2.62. The Morgan fingerprint density at radius 1 is 1.12 bits per heavy atom. The van der Waals surface area contributed by atoms with Crippen LogP contribution in [0.15, 0.2) is 36.7 Å². The van der Waals surface area contributed by atoms with Gasteiger partial charge < -0.3 is 0 Å². The Balaban J connectivity index is 1.36. The average Bonchev–Trinajstić information content (AvgIpc) is 3.10. The topological polar surface area (TPSA) is 51.0 Å². The number of aromatic nitrogens is 3. The molecule has 3 heterocycles. The average molecular weight is 439 g/mol. The summed E-state index contributed by atoms with van der Waals surface area (Å²) in [7, 11) is 1.98. The van der Waals surface area contributed by atoms with Gasteiger partial charge in [-0.3, -0.25) is 19.4 Å². The standard InChI is InChI=1S/C25H28F2N4O/c1-30-23(16-31-9-2-10-31)22(15-29-30)18-3-4-19-14-28-21(12-20(19)11-18)13-24(32)17-5-7-25(26,27)8-6-17/h3-4,11-12,14-15,17H,2,5-10,13,16H2,1H3. The molecule has 5 nitrogen and oxygen atoms in total. The quantitative estimate of drug-likeness (QED) is 0.556. The van der Waals surface area contributed by atoms with E-state index in [0.29, 0.717) is 5.69 Å². The number of hydrogen-bond donors (Lipinski definition) is 0. The van der Waals surface area contributed by atoms with Crippen LogP contribution in [0.5, 0.6) is 0 Å². The molecule has 7 heteroatoms. The van der Waals surface area contributed by atoms with Gasteiger partial charge in [0.1, 0.15) is 5.78 Å². The third-order valence-corrected chi connectivity index (χ3v) is 7.00. The SMILES string of the molecule is Cn1ncc(-c2ccc3cnc(CC(=O)C4CCC(F)(F)CC4)cc3c2)c1CN1CCC1. The van der Waals surface area contributed by atoms with Crippen LogP contribution in [0, 0.1) is 5.92 Å². The van der Waals surface area contributed by atoms with Gasteiger partial charge in [-0.1, -0.05) is 12.1 Å². The van der Waals surface area contributed by atoms with Crippen molar-refractivity contribution in [3.63, 3.8) is 0 Å². The first-order valence-electron chi connectivity index (χ1n) is 11.4. The highest BCUT2D eigenvalue weighted by Gasteiger charge is 2.37. The van der Waals surface area contributed by atoms with E-state index in [0.717, 1.165) is 41.5 Å². The van der Waals surface area contributed by atoms with Crippen LogP contribution in [0.4, 0.5) is 8.78 Å². The number of hydrogen-bond acceptors (Lipinski definition) is 4. The number of benzene rings is 1. The number of alkyl halides is 2. The van der Waals surface area contributed by atoms with Crippen LogP contribution in [-0.2, 0) is 24.8 Å². The molecule has 1 aliphatic heterocycles.